The Balaban J connectivity index is 1.57. The standard InChI is InChI=1S/C19H21N3O3/c1-25-19(24)17-8-12(10-20-17)21-18(23)14-9-16(11-6-7-11)22-15-5-3-2-4-13(14)15/h2-5,9,11-12,17,20H,6-8,10H2,1H3,(H,21,23)/t12-,17+/m1/s1. The van der Waals surface area contributed by atoms with E-state index in [1.807, 2.05) is 30.3 Å². The number of fused-ring (bicyclic) bond motifs is 1. The van der Waals surface area contributed by atoms with Crippen molar-refractivity contribution in [1.29, 1.82) is 0 Å². The molecule has 25 heavy (non-hydrogen) atoms. The number of ether oxygens (including phenoxy) is 1. The SMILES string of the molecule is COC(=O)[C@@H]1C[C@@H](NC(=O)c2cc(C3CC3)nc3ccccc23)CN1. The molecule has 2 N–H and O–H groups in total. The van der Waals surface area contributed by atoms with Crippen LogP contribution >= 0.6 is 0 Å². The van der Waals surface area contributed by atoms with Crippen LogP contribution in [0.4, 0.5) is 0 Å². The van der Waals surface area contributed by atoms with Gasteiger partial charge in [-0.1, -0.05) is 18.2 Å². The maximum Gasteiger partial charge on any atom is 0.322 e. The summed E-state index contributed by atoms with van der Waals surface area (Å²) in [4.78, 5) is 29.2. The minimum Gasteiger partial charge on any atom is -0.468 e. The molecule has 1 saturated carbocycles. The highest BCUT2D eigenvalue weighted by Crippen LogP contribution is 2.40. The van der Waals surface area contributed by atoms with Crippen molar-refractivity contribution >= 4 is 22.8 Å². The lowest BCUT2D eigenvalue weighted by Gasteiger charge is -2.14. The van der Waals surface area contributed by atoms with E-state index in [1.54, 1.807) is 0 Å². The Kier molecular flexibility index (Phi) is 4.13. The molecule has 0 radical (unpaired) electrons. The Morgan fingerprint density at radius 2 is 2.08 bits per heavy atom. The van der Waals surface area contributed by atoms with Crippen molar-refractivity contribution in [3.63, 3.8) is 0 Å². The smallest absolute Gasteiger partial charge is 0.322 e. The highest BCUT2D eigenvalue weighted by molar-refractivity contribution is 6.06. The van der Waals surface area contributed by atoms with E-state index in [4.69, 9.17) is 9.72 Å². The van der Waals surface area contributed by atoms with Gasteiger partial charge in [0.25, 0.3) is 5.91 Å². The average molecular weight is 339 g/mol. The predicted octanol–water partition coefficient (Wildman–Crippen LogP) is 1.75. The molecule has 1 amide bonds. The number of carbonyl (C=O) groups excluding carboxylic acids is 2. The zero-order valence-corrected chi connectivity index (χ0v) is 14.1. The molecule has 6 heteroatoms. The van der Waals surface area contributed by atoms with Crippen LogP contribution in [0.5, 0.6) is 0 Å². The number of hydrogen-bond acceptors (Lipinski definition) is 5. The number of nitrogens with zero attached hydrogens (tertiary/aromatic N) is 1. The third-order valence-electron chi connectivity index (χ3n) is 4.93. The summed E-state index contributed by atoms with van der Waals surface area (Å²) in [6.07, 6.45) is 2.82. The fourth-order valence-corrected chi connectivity index (χ4v) is 3.40. The van der Waals surface area contributed by atoms with Gasteiger partial charge in [0.15, 0.2) is 0 Å². The van der Waals surface area contributed by atoms with Gasteiger partial charge in [0.2, 0.25) is 0 Å². The fraction of sp³-hybridized carbons (Fsp3) is 0.421. The summed E-state index contributed by atoms with van der Waals surface area (Å²) in [5, 5.41) is 7.00. The van der Waals surface area contributed by atoms with Crippen molar-refractivity contribution in [2.24, 2.45) is 0 Å². The van der Waals surface area contributed by atoms with Gasteiger partial charge in [-0.3, -0.25) is 14.6 Å². The number of amides is 1. The first-order valence-electron chi connectivity index (χ1n) is 8.67. The first-order valence-corrected chi connectivity index (χ1v) is 8.67. The summed E-state index contributed by atoms with van der Waals surface area (Å²) in [5.74, 6) is 0.0768. The number of rotatable bonds is 4. The van der Waals surface area contributed by atoms with Crippen molar-refractivity contribution in [3.05, 3.63) is 41.6 Å². The van der Waals surface area contributed by atoms with Crippen LogP contribution in [-0.2, 0) is 9.53 Å². The molecule has 1 aromatic heterocycles. The van der Waals surface area contributed by atoms with Crippen LogP contribution < -0.4 is 10.6 Å². The second-order valence-corrected chi connectivity index (χ2v) is 6.78. The van der Waals surface area contributed by atoms with E-state index in [0.717, 1.165) is 29.4 Å². The molecule has 0 unspecified atom stereocenters. The van der Waals surface area contributed by atoms with Crippen LogP contribution in [0, 0.1) is 0 Å². The number of nitrogens with one attached hydrogen (secondary N) is 2. The second-order valence-electron chi connectivity index (χ2n) is 6.78. The van der Waals surface area contributed by atoms with Crippen molar-refractivity contribution in [2.75, 3.05) is 13.7 Å². The van der Waals surface area contributed by atoms with Crippen molar-refractivity contribution in [2.45, 2.75) is 37.3 Å². The lowest BCUT2D eigenvalue weighted by molar-refractivity contribution is -0.142. The molecule has 1 saturated heterocycles. The molecular weight excluding hydrogens is 318 g/mol. The maximum absolute atomic E-state index is 12.9. The maximum atomic E-state index is 12.9. The molecule has 1 aliphatic carbocycles. The number of methoxy groups -OCH3 is 1. The van der Waals surface area contributed by atoms with E-state index in [-0.39, 0.29) is 24.0 Å². The summed E-state index contributed by atoms with van der Waals surface area (Å²) in [5.41, 5.74) is 2.52. The van der Waals surface area contributed by atoms with E-state index in [0.29, 0.717) is 24.4 Å². The number of carbonyl (C=O) groups is 2. The van der Waals surface area contributed by atoms with Gasteiger partial charge in [-0.15, -0.1) is 0 Å². The fourth-order valence-electron chi connectivity index (χ4n) is 3.40. The molecule has 2 atom stereocenters. The molecule has 2 heterocycles. The molecule has 0 bridgehead atoms. The van der Waals surface area contributed by atoms with Gasteiger partial charge < -0.3 is 15.4 Å². The van der Waals surface area contributed by atoms with Crippen LogP contribution in [0.25, 0.3) is 10.9 Å². The summed E-state index contributed by atoms with van der Waals surface area (Å²) < 4.78 is 4.76. The minimum atomic E-state index is -0.355. The van der Waals surface area contributed by atoms with Gasteiger partial charge in [0.1, 0.15) is 6.04 Å². The number of para-hydroxylation sites is 1. The second kappa shape index (κ2) is 6.44. The Bertz CT molecular complexity index is 832. The monoisotopic (exact) mass is 339 g/mol. The van der Waals surface area contributed by atoms with E-state index in [9.17, 15) is 9.59 Å². The largest absolute Gasteiger partial charge is 0.468 e. The van der Waals surface area contributed by atoms with Crippen LogP contribution in [-0.4, -0.2) is 42.6 Å². The Morgan fingerprint density at radius 1 is 1.28 bits per heavy atom. The number of hydrogen-bond donors (Lipinski definition) is 2. The molecule has 2 aromatic rings. The van der Waals surface area contributed by atoms with Crippen molar-refractivity contribution in [3.8, 4) is 0 Å². The molecule has 6 nitrogen and oxygen atoms in total. The van der Waals surface area contributed by atoms with Gasteiger partial charge in [-0.05, 0) is 31.4 Å². The molecule has 2 aliphatic rings. The average Bonchev–Trinajstić information content (AvgIpc) is 3.39. The third kappa shape index (κ3) is 3.22. The highest BCUT2D eigenvalue weighted by Gasteiger charge is 2.32. The predicted molar refractivity (Wildman–Crippen MR) is 93.4 cm³/mol. The van der Waals surface area contributed by atoms with E-state index in [1.165, 1.54) is 7.11 Å². The quantitative estimate of drug-likeness (QED) is 0.830. The van der Waals surface area contributed by atoms with Crippen LogP contribution in [0.3, 0.4) is 0 Å². The molecule has 1 aliphatic heterocycles. The van der Waals surface area contributed by atoms with Gasteiger partial charge in [0.05, 0.1) is 18.2 Å². The number of aromatic nitrogens is 1. The number of benzene rings is 1. The summed E-state index contributed by atoms with van der Waals surface area (Å²) in [6, 6.07) is 9.22. The van der Waals surface area contributed by atoms with Gasteiger partial charge in [0, 0.05) is 29.6 Å². The number of esters is 1. The van der Waals surface area contributed by atoms with Crippen LogP contribution in [0.1, 0.15) is 41.2 Å². The van der Waals surface area contributed by atoms with Gasteiger partial charge >= 0.3 is 5.97 Å². The molecule has 2 fully saturated rings. The summed E-state index contributed by atoms with van der Waals surface area (Å²) in [6.45, 7) is 0.560. The third-order valence-corrected chi connectivity index (χ3v) is 4.93. The normalized spacial score (nSPS) is 22.8. The van der Waals surface area contributed by atoms with E-state index < -0.39 is 0 Å². The zero-order chi connectivity index (χ0) is 17.4. The molecule has 130 valence electrons. The van der Waals surface area contributed by atoms with Gasteiger partial charge in [-0.25, -0.2) is 0 Å². The summed E-state index contributed by atoms with van der Waals surface area (Å²) in [7, 11) is 1.37. The Morgan fingerprint density at radius 3 is 2.84 bits per heavy atom. The lowest BCUT2D eigenvalue weighted by Crippen LogP contribution is -2.36. The number of pyridine rings is 1. The van der Waals surface area contributed by atoms with E-state index >= 15 is 0 Å². The highest BCUT2D eigenvalue weighted by atomic mass is 16.5. The van der Waals surface area contributed by atoms with Crippen LogP contribution in [0.15, 0.2) is 30.3 Å². The topological polar surface area (TPSA) is 80.3 Å². The first-order chi connectivity index (χ1) is 12.2. The zero-order valence-electron chi connectivity index (χ0n) is 14.1. The van der Waals surface area contributed by atoms with Crippen LogP contribution in [0.2, 0.25) is 0 Å². The summed E-state index contributed by atoms with van der Waals surface area (Å²) >= 11 is 0. The molecule has 0 spiro atoms. The Labute approximate surface area is 146 Å². The molecule has 1 aromatic carbocycles. The van der Waals surface area contributed by atoms with Crippen molar-refractivity contribution in [1.82, 2.24) is 15.6 Å². The van der Waals surface area contributed by atoms with Gasteiger partial charge in [-0.2, -0.15) is 0 Å². The molecule has 4 rings (SSSR count). The Hall–Kier alpha value is -2.47. The van der Waals surface area contributed by atoms with E-state index in [2.05, 4.69) is 10.6 Å². The molecular formula is C19H21N3O3. The lowest BCUT2D eigenvalue weighted by atomic mass is 10.0. The van der Waals surface area contributed by atoms with Crippen molar-refractivity contribution < 1.29 is 14.3 Å². The minimum absolute atomic E-state index is 0.0899. The first kappa shape index (κ1) is 16.0.